The van der Waals surface area contributed by atoms with Crippen LogP contribution in [0.3, 0.4) is 0 Å². The van der Waals surface area contributed by atoms with Gasteiger partial charge in [0.2, 0.25) is 5.91 Å². The molecule has 1 unspecified atom stereocenters. The van der Waals surface area contributed by atoms with Gasteiger partial charge in [0, 0.05) is 25.7 Å². The third-order valence-corrected chi connectivity index (χ3v) is 4.10. The third kappa shape index (κ3) is 5.50. The number of aryl methyl sites for hydroxylation is 1. The highest BCUT2D eigenvalue weighted by Gasteiger charge is 2.23. The average Bonchev–Trinajstić information content (AvgIpc) is 2.54. The van der Waals surface area contributed by atoms with Gasteiger partial charge in [0.1, 0.15) is 12.4 Å². The zero-order chi connectivity index (χ0) is 16.7. The lowest BCUT2D eigenvalue weighted by atomic mass is 10.0. The number of hydrogen-bond donors (Lipinski definition) is 1. The highest BCUT2D eigenvalue weighted by atomic mass is 19.1. The van der Waals surface area contributed by atoms with Crippen molar-refractivity contribution in [1.82, 2.24) is 5.32 Å². The second-order valence-corrected chi connectivity index (χ2v) is 6.21. The molecule has 23 heavy (non-hydrogen) atoms. The van der Waals surface area contributed by atoms with Crippen molar-refractivity contribution in [2.45, 2.75) is 45.6 Å². The number of amides is 1. The van der Waals surface area contributed by atoms with Crippen molar-refractivity contribution in [3.8, 4) is 0 Å². The summed E-state index contributed by atoms with van der Waals surface area (Å²) in [5.74, 6) is -0.289. The third-order valence-electron chi connectivity index (χ3n) is 4.10. The van der Waals surface area contributed by atoms with Crippen LogP contribution in [-0.4, -0.2) is 38.3 Å². The number of ether oxygens (including phenoxy) is 1. The summed E-state index contributed by atoms with van der Waals surface area (Å²) in [4.78, 5) is 13.9. The van der Waals surface area contributed by atoms with Crippen molar-refractivity contribution >= 4 is 11.6 Å². The van der Waals surface area contributed by atoms with Crippen LogP contribution in [0, 0.1) is 12.7 Å². The molecule has 1 saturated heterocycles. The number of carbonyl (C=O) groups is 1. The van der Waals surface area contributed by atoms with E-state index in [9.17, 15) is 9.18 Å². The summed E-state index contributed by atoms with van der Waals surface area (Å²) >= 11 is 0. The molecule has 1 aliphatic heterocycles. The van der Waals surface area contributed by atoms with Gasteiger partial charge >= 0.3 is 0 Å². The second-order valence-electron chi connectivity index (χ2n) is 6.21. The Morgan fingerprint density at radius 2 is 2.30 bits per heavy atom. The van der Waals surface area contributed by atoms with Crippen LogP contribution in [0.15, 0.2) is 18.2 Å². The highest BCUT2D eigenvalue weighted by Crippen LogP contribution is 2.24. The Balaban J connectivity index is 1.86. The van der Waals surface area contributed by atoms with Gasteiger partial charge in [-0.25, -0.2) is 4.39 Å². The molecule has 0 bridgehead atoms. The van der Waals surface area contributed by atoms with Gasteiger partial charge in [-0.05, 0) is 43.9 Å². The molecule has 0 spiro atoms. The Kier molecular flexibility index (Phi) is 6.84. The SMILES string of the molecule is CCCCOCC(=O)NC1CCCN(c2cc(C)ccc2F)C1. The number of rotatable bonds is 7. The summed E-state index contributed by atoms with van der Waals surface area (Å²) in [6.07, 6.45) is 3.89. The van der Waals surface area contributed by atoms with E-state index in [0.29, 0.717) is 18.8 Å². The summed E-state index contributed by atoms with van der Waals surface area (Å²) in [6, 6.07) is 5.20. The first kappa shape index (κ1) is 17.7. The lowest BCUT2D eigenvalue weighted by molar-refractivity contribution is -0.126. The molecule has 1 amide bonds. The quantitative estimate of drug-likeness (QED) is 0.785. The van der Waals surface area contributed by atoms with E-state index in [4.69, 9.17) is 4.74 Å². The lowest BCUT2D eigenvalue weighted by Crippen LogP contribution is -2.49. The molecule has 4 nitrogen and oxygen atoms in total. The highest BCUT2D eigenvalue weighted by molar-refractivity contribution is 5.77. The molecule has 1 heterocycles. The maximum Gasteiger partial charge on any atom is 0.246 e. The number of anilines is 1. The topological polar surface area (TPSA) is 41.6 Å². The molecule has 0 radical (unpaired) electrons. The molecule has 2 rings (SSSR count). The van der Waals surface area contributed by atoms with E-state index in [0.717, 1.165) is 37.8 Å². The zero-order valence-electron chi connectivity index (χ0n) is 14.1. The molecule has 1 fully saturated rings. The van der Waals surface area contributed by atoms with E-state index < -0.39 is 0 Å². The summed E-state index contributed by atoms with van der Waals surface area (Å²) < 4.78 is 19.4. The number of hydrogen-bond acceptors (Lipinski definition) is 3. The van der Waals surface area contributed by atoms with E-state index >= 15 is 0 Å². The molecule has 128 valence electrons. The number of nitrogens with one attached hydrogen (secondary N) is 1. The Hall–Kier alpha value is -1.62. The zero-order valence-corrected chi connectivity index (χ0v) is 14.1. The summed E-state index contributed by atoms with van der Waals surface area (Å²) in [6.45, 7) is 6.23. The summed E-state index contributed by atoms with van der Waals surface area (Å²) in [5, 5.41) is 3.00. The second kappa shape index (κ2) is 8.87. The molecule has 0 aromatic heterocycles. The van der Waals surface area contributed by atoms with E-state index in [-0.39, 0.29) is 24.4 Å². The largest absolute Gasteiger partial charge is 0.372 e. The fourth-order valence-electron chi connectivity index (χ4n) is 2.86. The van der Waals surface area contributed by atoms with Crippen LogP contribution < -0.4 is 10.2 Å². The first-order chi connectivity index (χ1) is 11.1. The van der Waals surface area contributed by atoms with Crippen molar-refractivity contribution < 1.29 is 13.9 Å². The van der Waals surface area contributed by atoms with E-state index in [2.05, 4.69) is 12.2 Å². The Morgan fingerprint density at radius 1 is 1.48 bits per heavy atom. The first-order valence-electron chi connectivity index (χ1n) is 8.48. The van der Waals surface area contributed by atoms with Crippen LogP contribution in [0.1, 0.15) is 38.2 Å². The minimum Gasteiger partial charge on any atom is -0.372 e. The van der Waals surface area contributed by atoms with Crippen molar-refractivity contribution in [2.24, 2.45) is 0 Å². The molecular weight excluding hydrogens is 295 g/mol. The minimum atomic E-state index is -0.203. The van der Waals surface area contributed by atoms with E-state index in [1.54, 1.807) is 6.07 Å². The molecule has 0 saturated carbocycles. The predicted octanol–water partition coefficient (Wildman–Crippen LogP) is 3.04. The fourth-order valence-corrected chi connectivity index (χ4v) is 2.86. The van der Waals surface area contributed by atoms with Gasteiger partial charge in [0.25, 0.3) is 0 Å². The predicted molar refractivity (Wildman–Crippen MR) is 90.2 cm³/mol. The Morgan fingerprint density at radius 3 is 3.09 bits per heavy atom. The van der Waals surface area contributed by atoms with Crippen molar-refractivity contribution in [3.63, 3.8) is 0 Å². The number of benzene rings is 1. The van der Waals surface area contributed by atoms with Crippen molar-refractivity contribution in [3.05, 3.63) is 29.6 Å². The van der Waals surface area contributed by atoms with Crippen molar-refractivity contribution in [1.29, 1.82) is 0 Å². The van der Waals surface area contributed by atoms with Gasteiger partial charge in [-0.3, -0.25) is 4.79 Å². The number of nitrogens with zero attached hydrogens (tertiary/aromatic N) is 1. The van der Waals surface area contributed by atoms with Crippen LogP contribution >= 0.6 is 0 Å². The number of halogens is 1. The molecule has 1 aliphatic rings. The molecule has 1 N–H and O–H groups in total. The first-order valence-corrected chi connectivity index (χ1v) is 8.48. The van der Waals surface area contributed by atoms with Crippen LogP contribution in [-0.2, 0) is 9.53 Å². The molecule has 1 aromatic carbocycles. The smallest absolute Gasteiger partial charge is 0.246 e. The minimum absolute atomic E-state index is 0.0472. The summed E-state index contributed by atoms with van der Waals surface area (Å²) in [7, 11) is 0. The maximum atomic E-state index is 14.0. The van der Waals surface area contributed by atoms with Crippen LogP contribution in [0.4, 0.5) is 10.1 Å². The maximum absolute atomic E-state index is 14.0. The van der Waals surface area contributed by atoms with Gasteiger partial charge in [-0.2, -0.15) is 0 Å². The van der Waals surface area contributed by atoms with E-state index in [1.165, 1.54) is 6.07 Å². The molecule has 1 aromatic rings. The van der Waals surface area contributed by atoms with E-state index in [1.807, 2.05) is 17.9 Å². The van der Waals surface area contributed by atoms with Crippen molar-refractivity contribution in [2.75, 3.05) is 31.2 Å². The van der Waals surface area contributed by atoms with Gasteiger partial charge in [0.15, 0.2) is 0 Å². The Labute approximate surface area is 138 Å². The van der Waals surface area contributed by atoms with Crippen LogP contribution in [0.2, 0.25) is 0 Å². The average molecular weight is 322 g/mol. The standard InChI is InChI=1S/C18H27FN2O2/c1-3-4-10-23-13-18(22)20-15-6-5-9-21(12-15)17-11-14(2)7-8-16(17)19/h7-8,11,15H,3-6,9-10,12-13H2,1-2H3,(H,20,22). The Bertz CT molecular complexity index is 522. The van der Waals surface area contributed by atoms with Gasteiger partial charge in [0.05, 0.1) is 5.69 Å². The van der Waals surface area contributed by atoms with Gasteiger partial charge in [-0.15, -0.1) is 0 Å². The number of piperidine rings is 1. The molecular formula is C18H27FN2O2. The molecule has 1 atom stereocenters. The summed E-state index contributed by atoms with van der Waals surface area (Å²) in [5.41, 5.74) is 1.67. The monoisotopic (exact) mass is 322 g/mol. The molecule has 5 heteroatoms. The fraction of sp³-hybridized carbons (Fsp3) is 0.611. The van der Waals surface area contributed by atoms with Crippen LogP contribution in [0.25, 0.3) is 0 Å². The van der Waals surface area contributed by atoms with Crippen LogP contribution in [0.5, 0.6) is 0 Å². The van der Waals surface area contributed by atoms with Gasteiger partial charge < -0.3 is 15.0 Å². The number of unbranched alkanes of at least 4 members (excludes halogenated alkanes) is 1. The normalized spacial score (nSPS) is 18.0. The lowest BCUT2D eigenvalue weighted by Gasteiger charge is -2.35. The number of carbonyl (C=O) groups excluding carboxylic acids is 1. The van der Waals surface area contributed by atoms with Gasteiger partial charge in [-0.1, -0.05) is 19.4 Å². The molecule has 0 aliphatic carbocycles.